The zero-order chi connectivity index (χ0) is 47.1. The highest BCUT2D eigenvalue weighted by Crippen LogP contribution is 2.47. The molecule has 3 atom stereocenters. The molecule has 3 N–H and O–H groups in total. The highest BCUT2D eigenvalue weighted by Gasteiger charge is 2.39. The fraction of sp³-hybridized carbons (Fsp3) is 0.423. The minimum atomic E-state index is -1.25. The van der Waals surface area contributed by atoms with Gasteiger partial charge in [0.05, 0.1) is 35.8 Å². The third-order valence-electron chi connectivity index (χ3n) is 12.4. The van der Waals surface area contributed by atoms with E-state index in [1.807, 2.05) is 58.9 Å². The van der Waals surface area contributed by atoms with Crippen molar-refractivity contribution in [3.05, 3.63) is 95.1 Å². The SMILES string of the molecule is CC(C)C(C)O.CCCCOCCCNCCS(=O)c1ccc(N2C(=O)c3ccc4c5ccc6c7c(ccc(c8ccc(c3c48)C2=O)c75)C(=O)N(C(C)C(C)C)C6=O)cc1.COCCO. The first kappa shape index (κ1) is 49.3. The van der Waals surface area contributed by atoms with Crippen LogP contribution in [-0.4, -0.2) is 107 Å². The number of carbonyl (C=O) groups is 4. The summed E-state index contributed by atoms with van der Waals surface area (Å²) < 4.78 is 23.1. The number of hydrogen-bond acceptors (Lipinski definition) is 10. The molecule has 6 aromatic carbocycles. The first-order valence-electron chi connectivity index (χ1n) is 22.7. The predicted molar refractivity (Wildman–Crippen MR) is 260 cm³/mol. The van der Waals surface area contributed by atoms with E-state index in [2.05, 4.69) is 17.0 Å². The third-order valence-corrected chi connectivity index (χ3v) is 13.8. The van der Waals surface area contributed by atoms with Crippen molar-refractivity contribution in [3.63, 3.8) is 0 Å². The van der Waals surface area contributed by atoms with Crippen molar-refractivity contribution in [2.24, 2.45) is 11.8 Å². The molecule has 0 fully saturated rings. The molecule has 0 aromatic heterocycles. The highest BCUT2D eigenvalue weighted by atomic mass is 32.2. The summed E-state index contributed by atoms with van der Waals surface area (Å²) in [6.07, 6.45) is 2.94. The zero-order valence-corrected chi connectivity index (χ0v) is 39.7. The van der Waals surface area contributed by atoms with Crippen molar-refractivity contribution >= 4 is 83.2 Å². The van der Waals surface area contributed by atoms with E-state index < -0.39 is 22.6 Å². The molecule has 2 aliphatic rings. The molecule has 4 amide bonds. The zero-order valence-electron chi connectivity index (χ0n) is 38.9. The molecule has 65 heavy (non-hydrogen) atoms. The van der Waals surface area contributed by atoms with Crippen molar-refractivity contribution in [2.45, 2.75) is 84.8 Å². The molecule has 6 aromatic rings. The molecule has 2 heterocycles. The smallest absolute Gasteiger partial charge is 0.265 e. The molecule has 346 valence electrons. The maximum absolute atomic E-state index is 14.2. The van der Waals surface area contributed by atoms with Gasteiger partial charge in [0.15, 0.2) is 0 Å². The van der Waals surface area contributed by atoms with Crippen LogP contribution in [0.5, 0.6) is 0 Å². The van der Waals surface area contributed by atoms with Gasteiger partial charge in [-0.15, -0.1) is 0 Å². The molecule has 0 aliphatic carbocycles. The van der Waals surface area contributed by atoms with E-state index in [-0.39, 0.29) is 36.5 Å². The standard InChI is InChI=1S/C44H43N3O6S.C5H12O.C3H8O2/c1-5-6-22-53-23-7-20-45-21-24-54(52)28-10-8-27(9-11-28)47-43(50)35-18-14-31-29-12-16-33-39-34(42(49)46(41(33)48)26(4)25(2)3)17-13-30(37(29)39)32-15-19-36(44(47)51)40(35)38(31)32;1-4(2)5(3)6;1-5-3-2-4/h8-19,25-26,45H,5-7,20-24H2,1-4H3;4-6H,1-3H3;4H,2-3H2,1H3. The number of unbranched alkanes of at least 4 members (excludes halogenated alkanes) is 1. The highest BCUT2D eigenvalue weighted by molar-refractivity contribution is 7.85. The number of ether oxygens (including phenoxy) is 2. The summed E-state index contributed by atoms with van der Waals surface area (Å²) in [7, 11) is 0.305. The first-order valence-corrected chi connectivity index (χ1v) is 24.0. The number of aliphatic hydroxyl groups excluding tert-OH is 2. The van der Waals surface area contributed by atoms with Gasteiger partial charge in [-0.25, -0.2) is 4.90 Å². The maximum atomic E-state index is 14.2. The largest absolute Gasteiger partial charge is 0.394 e. The topological polar surface area (TPSA) is 163 Å². The number of benzene rings is 6. The van der Waals surface area contributed by atoms with Gasteiger partial charge >= 0.3 is 0 Å². The van der Waals surface area contributed by atoms with E-state index in [1.165, 1.54) is 9.80 Å². The number of carbonyl (C=O) groups excluding carboxylic acids is 4. The van der Waals surface area contributed by atoms with Crippen LogP contribution in [0, 0.1) is 11.8 Å². The summed E-state index contributed by atoms with van der Waals surface area (Å²) in [5.74, 6) is -0.506. The lowest BCUT2D eigenvalue weighted by Gasteiger charge is -2.34. The van der Waals surface area contributed by atoms with Gasteiger partial charge < -0.3 is 25.0 Å². The molecule has 3 unspecified atom stereocenters. The lowest BCUT2D eigenvalue weighted by molar-refractivity contribution is 0.0512. The van der Waals surface area contributed by atoms with E-state index in [1.54, 1.807) is 62.6 Å². The van der Waals surface area contributed by atoms with Gasteiger partial charge in [-0.1, -0.05) is 65.3 Å². The number of rotatable bonds is 17. The molecule has 0 bridgehead atoms. The Morgan fingerprint density at radius 3 is 1.48 bits per heavy atom. The molecule has 8 rings (SSSR count). The van der Waals surface area contributed by atoms with Crippen LogP contribution in [0.15, 0.2) is 77.7 Å². The maximum Gasteiger partial charge on any atom is 0.265 e. The number of fused-ring (bicyclic) bond motifs is 2. The van der Waals surface area contributed by atoms with Gasteiger partial charge in [0, 0.05) is 76.6 Å². The van der Waals surface area contributed by atoms with Gasteiger partial charge in [-0.3, -0.25) is 28.3 Å². The average molecular weight is 906 g/mol. The predicted octanol–water partition coefficient (Wildman–Crippen LogP) is 8.73. The lowest BCUT2D eigenvalue weighted by Crippen LogP contribution is -2.47. The molecule has 0 saturated carbocycles. The molecule has 0 saturated heterocycles. The van der Waals surface area contributed by atoms with Crippen molar-refractivity contribution in [1.82, 2.24) is 10.2 Å². The minimum absolute atomic E-state index is 0.0961. The second kappa shape index (κ2) is 21.9. The Morgan fingerprint density at radius 1 is 0.615 bits per heavy atom. The number of hydrogen-bond donors (Lipinski definition) is 3. The quantitative estimate of drug-likeness (QED) is 0.0349. The van der Waals surface area contributed by atoms with Crippen molar-refractivity contribution in [3.8, 4) is 0 Å². The summed E-state index contributed by atoms with van der Waals surface area (Å²) in [6.45, 7) is 17.3. The van der Waals surface area contributed by atoms with Crippen LogP contribution in [0.1, 0.15) is 109 Å². The number of anilines is 1. The van der Waals surface area contributed by atoms with Crippen molar-refractivity contribution in [1.29, 1.82) is 0 Å². The van der Waals surface area contributed by atoms with Gasteiger partial charge in [0.2, 0.25) is 0 Å². The van der Waals surface area contributed by atoms with Gasteiger partial charge in [0.25, 0.3) is 23.6 Å². The monoisotopic (exact) mass is 905 g/mol. The average Bonchev–Trinajstić information content (AvgIpc) is 3.29. The lowest BCUT2D eigenvalue weighted by atomic mass is 9.82. The first-order chi connectivity index (χ1) is 31.2. The number of imide groups is 2. The van der Waals surface area contributed by atoms with Crippen LogP contribution in [-0.2, 0) is 20.3 Å². The number of nitrogens with one attached hydrogen (secondary N) is 1. The Hall–Kier alpha value is -5.15. The van der Waals surface area contributed by atoms with Crippen LogP contribution in [0.2, 0.25) is 0 Å². The summed E-state index contributed by atoms with van der Waals surface area (Å²) >= 11 is 0. The number of amides is 4. The van der Waals surface area contributed by atoms with Crippen LogP contribution in [0.25, 0.3) is 43.1 Å². The van der Waals surface area contributed by atoms with Gasteiger partial charge in [0.1, 0.15) is 0 Å². The Morgan fingerprint density at radius 2 is 1.08 bits per heavy atom. The van der Waals surface area contributed by atoms with E-state index in [0.717, 1.165) is 64.7 Å². The second-order valence-corrected chi connectivity index (χ2v) is 18.9. The van der Waals surface area contributed by atoms with E-state index in [0.29, 0.717) is 75.0 Å². The van der Waals surface area contributed by atoms with Crippen LogP contribution in [0.4, 0.5) is 5.69 Å². The Kier molecular flexibility index (Phi) is 16.6. The van der Waals surface area contributed by atoms with E-state index in [4.69, 9.17) is 14.9 Å². The van der Waals surface area contributed by atoms with Crippen molar-refractivity contribution in [2.75, 3.05) is 57.3 Å². The summed E-state index contributed by atoms with van der Waals surface area (Å²) in [5.41, 5.74) is 2.23. The van der Waals surface area contributed by atoms with Crippen LogP contribution in [0.3, 0.4) is 0 Å². The number of methoxy groups -OCH3 is 1. The van der Waals surface area contributed by atoms with Crippen LogP contribution < -0.4 is 10.2 Å². The molecular formula is C52H63N3O9S. The summed E-state index contributed by atoms with van der Waals surface area (Å²) in [5, 5.41) is 26.2. The number of aliphatic hydroxyl groups is 2. The van der Waals surface area contributed by atoms with Crippen LogP contribution >= 0.6 is 0 Å². The summed E-state index contributed by atoms with van der Waals surface area (Å²) in [6, 6.07) is 21.3. The molecule has 0 radical (unpaired) electrons. The van der Waals surface area contributed by atoms with E-state index >= 15 is 0 Å². The van der Waals surface area contributed by atoms with Crippen molar-refractivity contribution < 1.29 is 43.1 Å². The molecular weight excluding hydrogens is 843 g/mol. The Bertz CT molecular complexity index is 2570. The summed E-state index contributed by atoms with van der Waals surface area (Å²) in [4.78, 5) is 59.3. The van der Waals surface area contributed by atoms with Gasteiger partial charge in [-0.2, -0.15) is 0 Å². The van der Waals surface area contributed by atoms with Gasteiger partial charge in [-0.05, 0) is 126 Å². The second-order valence-electron chi connectivity index (χ2n) is 17.4. The number of nitrogens with zero attached hydrogens (tertiary/aromatic N) is 2. The van der Waals surface area contributed by atoms with E-state index in [9.17, 15) is 23.4 Å². The fourth-order valence-electron chi connectivity index (χ4n) is 8.08. The Labute approximate surface area is 384 Å². The molecule has 2 aliphatic heterocycles. The fourth-order valence-corrected chi connectivity index (χ4v) is 9.09. The third kappa shape index (κ3) is 10.0. The molecule has 0 spiro atoms. The normalized spacial score (nSPS) is 15.0. The minimum Gasteiger partial charge on any atom is -0.394 e. The Balaban J connectivity index is 0.000000570. The molecule has 12 nitrogen and oxygen atoms in total. The molecule has 13 heteroatoms.